The maximum Gasteiger partial charge on any atom is 0.340 e. The van der Waals surface area contributed by atoms with E-state index in [-0.39, 0.29) is 23.8 Å². The number of non-ortho nitro benzene ring substituents is 1. The molecule has 10 heteroatoms. The number of hydrogen-bond donors (Lipinski definition) is 0. The minimum absolute atomic E-state index is 0.0511. The van der Waals surface area contributed by atoms with Crippen LogP contribution in [0.5, 0.6) is 0 Å². The Labute approximate surface area is 182 Å². The quantitative estimate of drug-likeness (QED) is 0.370. The van der Waals surface area contributed by atoms with Crippen molar-refractivity contribution in [2.45, 2.75) is 36.4 Å². The summed E-state index contributed by atoms with van der Waals surface area (Å²) in [6, 6.07) is 4.02. The molecule has 0 aliphatic carbocycles. The molecule has 0 N–H and O–H groups in total. The van der Waals surface area contributed by atoms with E-state index in [9.17, 15) is 19.7 Å². The van der Waals surface area contributed by atoms with Gasteiger partial charge in [-0.3, -0.25) is 14.9 Å². The Kier molecular flexibility index (Phi) is 7.09. The summed E-state index contributed by atoms with van der Waals surface area (Å²) >= 11 is 2.65. The third-order valence-corrected chi connectivity index (χ3v) is 6.87. The smallest absolute Gasteiger partial charge is 0.340 e. The molecule has 1 aliphatic heterocycles. The van der Waals surface area contributed by atoms with Gasteiger partial charge in [-0.15, -0.1) is 11.3 Å². The standard InChI is InChI=1S/C20H23N3O5S2/c1-12-6-13(2)9-22(8-12)18(24)10-28-19(25)16-7-15(23(26)27)4-5-17(16)30-20-21-14(3)11-29-20/h4-5,7,11-13H,6,8-10H2,1-3H3/t12-,13-/m0/s1. The molecule has 2 atom stereocenters. The number of amides is 1. The van der Waals surface area contributed by atoms with Crippen molar-refractivity contribution in [1.82, 2.24) is 9.88 Å². The van der Waals surface area contributed by atoms with Crippen molar-refractivity contribution in [3.05, 3.63) is 45.0 Å². The van der Waals surface area contributed by atoms with Crippen LogP contribution < -0.4 is 0 Å². The van der Waals surface area contributed by atoms with E-state index in [0.29, 0.717) is 34.2 Å². The minimum Gasteiger partial charge on any atom is -0.452 e. The zero-order chi connectivity index (χ0) is 21.8. The summed E-state index contributed by atoms with van der Waals surface area (Å²) in [7, 11) is 0. The van der Waals surface area contributed by atoms with Gasteiger partial charge in [0.25, 0.3) is 11.6 Å². The van der Waals surface area contributed by atoms with E-state index in [1.165, 1.54) is 41.3 Å². The highest BCUT2D eigenvalue weighted by Crippen LogP contribution is 2.34. The molecular formula is C20H23N3O5S2. The second-order valence-electron chi connectivity index (χ2n) is 7.62. The lowest BCUT2D eigenvalue weighted by Gasteiger charge is -2.34. The predicted molar refractivity (Wildman–Crippen MR) is 114 cm³/mol. The van der Waals surface area contributed by atoms with Crippen molar-refractivity contribution in [3.63, 3.8) is 0 Å². The van der Waals surface area contributed by atoms with Gasteiger partial charge in [0.1, 0.15) is 0 Å². The number of carbonyl (C=O) groups is 2. The van der Waals surface area contributed by atoms with Crippen molar-refractivity contribution in [1.29, 1.82) is 0 Å². The van der Waals surface area contributed by atoms with Crippen molar-refractivity contribution in [2.24, 2.45) is 11.8 Å². The lowest BCUT2D eigenvalue weighted by atomic mass is 9.92. The SMILES string of the molecule is Cc1csc(Sc2ccc([N+](=O)[O-])cc2C(=O)OCC(=O)N2C[C@@H](C)C[C@H](C)C2)n1. The van der Waals surface area contributed by atoms with Crippen LogP contribution in [0.3, 0.4) is 0 Å². The lowest BCUT2D eigenvalue weighted by molar-refractivity contribution is -0.384. The van der Waals surface area contributed by atoms with Gasteiger partial charge in [-0.2, -0.15) is 0 Å². The van der Waals surface area contributed by atoms with E-state index in [1.807, 2.05) is 12.3 Å². The highest BCUT2D eigenvalue weighted by atomic mass is 32.2. The Hall–Kier alpha value is -2.46. The number of benzene rings is 1. The lowest BCUT2D eigenvalue weighted by Crippen LogP contribution is -2.44. The predicted octanol–water partition coefficient (Wildman–Crippen LogP) is 4.17. The Balaban J connectivity index is 1.73. The highest BCUT2D eigenvalue weighted by Gasteiger charge is 2.27. The number of aromatic nitrogens is 1. The normalized spacial score (nSPS) is 18.8. The van der Waals surface area contributed by atoms with Gasteiger partial charge in [0, 0.05) is 41.2 Å². The summed E-state index contributed by atoms with van der Waals surface area (Å²) in [5.74, 6) is -0.220. The molecule has 1 aliphatic rings. The van der Waals surface area contributed by atoms with Crippen LogP contribution in [0.4, 0.5) is 5.69 Å². The monoisotopic (exact) mass is 449 g/mol. The van der Waals surface area contributed by atoms with E-state index in [2.05, 4.69) is 18.8 Å². The van der Waals surface area contributed by atoms with Gasteiger partial charge in [-0.05, 0) is 31.2 Å². The summed E-state index contributed by atoms with van der Waals surface area (Å²) in [6.45, 7) is 6.94. The van der Waals surface area contributed by atoms with E-state index < -0.39 is 10.9 Å². The number of aryl methyl sites for hydroxylation is 1. The van der Waals surface area contributed by atoms with Crippen LogP contribution in [0.25, 0.3) is 0 Å². The van der Waals surface area contributed by atoms with Crippen LogP contribution in [0.1, 0.15) is 36.3 Å². The molecule has 0 saturated carbocycles. The first kappa shape index (κ1) is 22.2. The Morgan fingerprint density at radius 2 is 2.03 bits per heavy atom. The Bertz CT molecular complexity index is 952. The molecule has 3 rings (SSSR count). The largest absolute Gasteiger partial charge is 0.452 e. The molecule has 8 nitrogen and oxygen atoms in total. The van der Waals surface area contributed by atoms with Crippen LogP contribution >= 0.6 is 23.1 Å². The minimum atomic E-state index is -0.763. The zero-order valence-corrected chi connectivity index (χ0v) is 18.6. The number of carbonyl (C=O) groups excluding carboxylic acids is 2. The number of ether oxygens (including phenoxy) is 1. The topological polar surface area (TPSA) is 103 Å². The third-order valence-electron chi connectivity index (χ3n) is 4.74. The highest BCUT2D eigenvalue weighted by molar-refractivity contribution is 8.01. The Morgan fingerprint density at radius 1 is 1.33 bits per heavy atom. The number of piperidine rings is 1. The van der Waals surface area contributed by atoms with Crippen molar-refractivity contribution in [2.75, 3.05) is 19.7 Å². The molecule has 30 heavy (non-hydrogen) atoms. The number of hydrogen-bond acceptors (Lipinski definition) is 8. The molecule has 1 aromatic carbocycles. The summed E-state index contributed by atoms with van der Waals surface area (Å²) in [6.07, 6.45) is 1.06. The molecule has 160 valence electrons. The number of nitrogens with zero attached hydrogens (tertiary/aromatic N) is 3. The molecule has 1 amide bonds. The van der Waals surface area contributed by atoms with Gasteiger partial charge in [-0.1, -0.05) is 25.6 Å². The molecule has 0 radical (unpaired) electrons. The van der Waals surface area contributed by atoms with Crippen LogP contribution in [-0.4, -0.2) is 46.4 Å². The van der Waals surface area contributed by atoms with E-state index in [1.54, 1.807) is 4.90 Å². The summed E-state index contributed by atoms with van der Waals surface area (Å²) in [4.78, 5) is 42.4. The molecule has 1 saturated heterocycles. The van der Waals surface area contributed by atoms with E-state index in [4.69, 9.17) is 4.74 Å². The maximum atomic E-state index is 12.7. The maximum absolute atomic E-state index is 12.7. The van der Waals surface area contributed by atoms with Gasteiger partial charge in [0.05, 0.1) is 10.5 Å². The van der Waals surface area contributed by atoms with Crippen molar-refractivity contribution < 1.29 is 19.2 Å². The fourth-order valence-corrected chi connectivity index (χ4v) is 5.41. The average Bonchev–Trinajstić information content (AvgIpc) is 3.09. The number of rotatable bonds is 6. The van der Waals surface area contributed by atoms with E-state index in [0.717, 1.165) is 12.1 Å². The zero-order valence-electron chi connectivity index (χ0n) is 17.0. The fourth-order valence-electron chi connectivity index (χ4n) is 3.52. The summed E-state index contributed by atoms with van der Waals surface area (Å²) < 4.78 is 5.96. The molecule has 1 aromatic heterocycles. The van der Waals surface area contributed by atoms with Gasteiger partial charge in [0.2, 0.25) is 0 Å². The molecule has 0 bridgehead atoms. The fraction of sp³-hybridized carbons (Fsp3) is 0.450. The van der Waals surface area contributed by atoms with Gasteiger partial charge in [0.15, 0.2) is 10.9 Å². The van der Waals surface area contributed by atoms with Crippen LogP contribution in [0.15, 0.2) is 32.8 Å². The second kappa shape index (κ2) is 9.57. The molecule has 0 unspecified atom stereocenters. The van der Waals surface area contributed by atoms with Crippen molar-refractivity contribution in [3.8, 4) is 0 Å². The number of nitro groups is 1. The molecule has 2 aromatic rings. The molecule has 0 spiro atoms. The first-order chi connectivity index (χ1) is 14.2. The number of thiazole rings is 1. The van der Waals surface area contributed by atoms with Gasteiger partial charge >= 0.3 is 5.97 Å². The summed E-state index contributed by atoms with van der Waals surface area (Å²) in [5.41, 5.74) is 0.686. The molecular weight excluding hydrogens is 426 g/mol. The Morgan fingerprint density at radius 3 is 2.63 bits per heavy atom. The second-order valence-corrected chi connectivity index (χ2v) is 9.76. The first-order valence-electron chi connectivity index (χ1n) is 9.56. The third kappa shape index (κ3) is 5.57. The van der Waals surface area contributed by atoms with Crippen LogP contribution in [-0.2, 0) is 9.53 Å². The number of esters is 1. The average molecular weight is 450 g/mol. The van der Waals surface area contributed by atoms with Gasteiger partial charge in [-0.25, -0.2) is 9.78 Å². The molecule has 1 fully saturated rings. The van der Waals surface area contributed by atoms with Crippen LogP contribution in [0.2, 0.25) is 0 Å². The number of likely N-dealkylation sites (tertiary alicyclic amines) is 1. The van der Waals surface area contributed by atoms with Gasteiger partial charge < -0.3 is 9.64 Å². The van der Waals surface area contributed by atoms with E-state index >= 15 is 0 Å². The molecule has 2 heterocycles. The first-order valence-corrected chi connectivity index (χ1v) is 11.3. The summed E-state index contributed by atoms with van der Waals surface area (Å²) in [5, 5.41) is 13.0. The van der Waals surface area contributed by atoms with Crippen molar-refractivity contribution >= 4 is 40.7 Å². The van der Waals surface area contributed by atoms with Crippen LogP contribution in [0, 0.1) is 28.9 Å². The number of nitro benzene ring substituents is 1.